The highest BCUT2D eigenvalue weighted by Gasteiger charge is 2.53. The highest BCUT2D eigenvalue weighted by molar-refractivity contribution is 7.94. The summed E-state index contributed by atoms with van der Waals surface area (Å²) in [4.78, 5) is 14.5. The van der Waals surface area contributed by atoms with Gasteiger partial charge in [-0.3, -0.25) is 4.79 Å². The van der Waals surface area contributed by atoms with E-state index in [-0.39, 0.29) is 18.3 Å². The quantitative estimate of drug-likeness (QED) is 0.815. The van der Waals surface area contributed by atoms with Gasteiger partial charge in [0.15, 0.2) is 9.84 Å². The summed E-state index contributed by atoms with van der Waals surface area (Å²) in [5.74, 6) is -0.708. The van der Waals surface area contributed by atoms with Crippen molar-refractivity contribution in [3.63, 3.8) is 0 Å². The van der Waals surface area contributed by atoms with Crippen molar-refractivity contribution in [1.29, 1.82) is 0 Å². The van der Waals surface area contributed by atoms with Crippen LogP contribution in [0.25, 0.3) is 0 Å². The zero-order valence-corrected chi connectivity index (χ0v) is 16.1. The molecule has 5 nitrogen and oxygen atoms in total. The number of carbonyl (C=O) groups is 1. The van der Waals surface area contributed by atoms with Gasteiger partial charge in [-0.1, -0.05) is 12.1 Å². The third-order valence-corrected chi connectivity index (χ3v) is 8.69. The fourth-order valence-corrected chi connectivity index (χ4v) is 5.73. The second-order valence-electron chi connectivity index (χ2n) is 8.19. The molecule has 1 unspecified atom stereocenters. The van der Waals surface area contributed by atoms with Crippen LogP contribution in [0, 0.1) is 11.2 Å². The molecule has 1 N–H and O–H groups in total. The molecular weight excluding hydrogens is 357 g/mol. The minimum absolute atomic E-state index is 0.107. The summed E-state index contributed by atoms with van der Waals surface area (Å²) in [6.07, 6.45) is 2.36. The number of hydrogen-bond acceptors (Lipinski definition) is 4. The van der Waals surface area contributed by atoms with E-state index >= 15 is 0 Å². The van der Waals surface area contributed by atoms with Crippen molar-refractivity contribution in [2.24, 2.45) is 5.41 Å². The highest BCUT2D eigenvalue weighted by atomic mass is 32.2. The van der Waals surface area contributed by atoms with Crippen LogP contribution >= 0.6 is 0 Å². The minimum Gasteiger partial charge on any atom is -0.396 e. The first-order valence-electron chi connectivity index (χ1n) is 8.99. The van der Waals surface area contributed by atoms with Crippen LogP contribution in [-0.2, 0) is 21.1 Å². The van der Waals surface area contributed by atoms with E-state index in [4.69, 9.17) is 0 Å². The van der Waals surface area contributed by atoms with Gasteiger partial charge in [0.05, 0.1) is 11.9 Å². The number of aliphatic hydroxyl groups excluding tert-OH is 1. The molecule has 1 aromatic rings. The minimum atomic E-state index is -3.51. The number of sulfone groups is 1. The Hall–Kier alpha value is -1.47. The van der Waals surface area contributed by atoms with Crippen LogP contribution in [-0.4, -0.2) is 54.0 Å². The van der Waals surface area contributed by atoms with E-state index in [1.807, 2.05) is 0 Å². The van der Waals surface area contributed by atoms with Gasteiger partial charge in [-0.15, -0.1) is 0 Å². The Morgan fingerprint density at radius 1 is 1.31 bits per heavy atom. The van der Waals surface area contributed by atoms with Crippen molar-refractivity contribution >= 4 is 15.7 Å². The first kappa shape index (κ1) is 19.3. The van der Waals surface area contributed by atoms with Crippen LogP contribution in [0.3, 0.4) is 0 Å². The summed E-state index contributed by atoms with van der Waals surface area (Å²) in [6.45, 7) is 3.60. The van der Waals surface area contributed by atoms with Crippen LogP contribution in [0.5, 0.6) is 0 Å². The van der Waals surface area contributed by atoms with Crippen molar-refractivity contribution in [2.75, 3.05) is 19.7 Å². The Kier molecular flexibility index (Phi) is 4.90. The molecule has 0 radical (unpaired) electrons. The predicted octanol–water partition coefficient (Wildman–Crippen LogP) is 1.94. The molecule has 1 aliphatic carbocycles. The number of hydrogen-bond donors (Lipinski definition) is 1. The monoisotopic (exact) mass is 383 g/mol. The fourth-order valence-electron chi connectivity index (χ4n) is 3.77. The van der Waals surface area contributed by atoms with Crippen LogP contribution in [0.4, 0.5) is 4.39 Å². The van der Waals surface area contributed by atoms with Crippen molar-refractivity contribution in [3.8, 4) is 0 Å². The Labute approximate surface area is 154 Å². The van der Waals surface area contributed by atoms with Crippen LogP contribution in [0.1, 0.15) is 38.7 Å². The van der Waals surface area contributed by atoms with E-state index < -0.39 is 25.2 Å². The number of nitrogens with zero attached hydrogens (tertiary/aromatic N) is 1. The molecular formula is C19H26FNO4S. The topological polar surface area (TPSA) is 74.7 Å². The number of likely N-dealkylation sites (tertiary alicyclic amines) is 1. The molecule has 1 amide bonds. The third-order valence-electron chi connectivity index (χ3n) is 5.74. The maximum absolute atomic E-state index is 13.1. The number of amides is 1. The van der Waals surface area contributed by atoms with Crippen molar-refractivity contribution < 1.29 is 22.7 Å². The molecule has 7 heteroatoms. The number of carbonyl (C=O) groups excluding carboxylic acids is 1. The molecule has 1 aliphatic heterocycles. The SMILES string of the molecule is CC(C)(C(=O)N1CCC(CO)(Cc2ccc(F)cc2)C1)S(=O)(=O)C1CC1. The second-order valence-corrected chi connectivity index (χ2v) is 11.0. The van der Waals surface area contributed by atoms with Gasteiger partial charge < -0.3 is 10.0 Å². The van der Waals surface area contributed by atoms with Gasteiger partial charge in [-0.05, 0) is 57.2 Å². The summed E-state index contributed by atoms with van der Waals surface area (Å²) in [5, 5.41) is 9.57. The van der Waals surface area contributed by atoms with Gasteiger partial charge in [-0.2, -0.15) is 0 Å². The summed E-state index contributed by atoms with van der Waals surface area (Å²) in [7, 11) is -3.51. The van der Waals surface area contributed by atoms with E-state index in [0.717, 1.165) is 5.56 Å². The lowest BCUT2D eigenvalue weighted by Gasteiger charge is -2.31. The smallest absolute Gasteiger partial charge is 0.243 e. The normalized spacial score (nSPS) is 24.1. The Morgan fingerprint density at radius 2 is 1.92 bits per heavy atom. The Bertz CT molecular complexity index is 786. The molecule has 144 valence electrons. The fraction of sp³-hybridized carbons (Fsp3) is 0.632. The van der Waals surface area contributed by atoms with Crippen molar-refractivity contribution in [2.45, 2.75) is 49.5 Å². The van der Waals surface area contributed by atoms with Gasteiger partial charge in [0.25, 0.3) is 0 Å². The van der Waals surface area contributed by atoms with E-state index in [9.17, 15) is 22.7 Å². The molecule has 1 aromatic carbocycles. The molecule has 3 rings (SSSR count). The van der Waals surface area contributed by atoms with Gasteiger partial charge in [0, 0.05) is 18.5 Å². The number of aliphatic hydroxyl groups is 1. The number of halogens is 1. The van der Waals surface area contributed by atoms with E-state index in [0.29, 0.717) is 38.8 Å². The first-order chi connectivity index (χ1) is 12.1. The molecule has 0 aromatic heterocycles. The Morgan fingerprint density at radius 3 is 2.46 bits per heavy atom. The summed E-state index contributed by atoms with van der Waals surface area (Å²) >= 11 is 0. The van der Waals surface area contributed by atoms with E-state index in [1.165, 1.54) is 26.0 Å². The maximum atomic E-state index is 13.1. The van der Waals surface area contributed by atoms with Crippen LogP contribution in [0.15, 0.2) is 24.3 Å². The van der Waals surface area contributed by atoms with Crippen LogP contribution in [0.2, 0.25) is 0 Å². The van der Waals surface area contributed by atoms with Crippen LogP contribution < -0.4 is 0 Å². The van der Waals surface area contributed by atoms with Gasteiger partial charge in [-0.25, -0.2) is 12.8 Å². The average molecular weight is 383 g/mol. The maximum Gasteiger partial charge on any atom is 0.243 e. The molecule has 0 spiro atoms. The number of rotatable bonds is 6. The summed E-state index contributed by atoms with van der Waals surface area (Å²) < 4.78 is 36.9. The van der Waals surface area contributed by atoms with Crippen molar-refractivity contribution in [1.82, 2.24) is 4.90 Å². The lowest BCUT2D eigenvalue weighted by molar-refractivity contribution is -0.132. The Balaban J connectivity index is 1.75. The molecule has 0 bridgehead atoms. The molecule has 1 heterocycles. The third kappa shape index (κ3) is 3.39. The van der Waals surface area contributed by atoms with E-state index in [2.05, 4.69) is 0 Å². The standard InChI is InChI=1S/C19H26FNO4S/c1-18(2,26(24,25)16-7-8-16)17(23)21-10-9-19(12-21,13-22)11-14-3-5-15(20)6-4-14/h3-6,16,22H,7-13H2,1-2H3. The second kappa shape index (κ2) is 6.60. The number of benzene rings is 1. The molecule has 2 fully saturated rings. The zero-order chi connectivity index (χ0) is 19.2. The largest absolute Gasteiger partial charge is 0.396 e. The lowest BCUT2D eigenvalue weighted by Crippen LogP contribution is -2.51. The van der Waals surface area contributed by atoms with Gasteiger partial charge in [0.1, 0.15) is 10.6 Å². The average Bonchev–Trinajstić information content (AvgIpc) is 3.38. The van der Waals surface area contributed by atoms with Gasteiger partial charge >= 0.3 is 0 Å². The molecule has 2 aliphatic rings. The molecule has 1 atom stereocenters. The van der Waals surface area contributed by atoms with Crippen molar-refractivity contribution in [3.05, 3.63) is 35.6 Å². The molecule has 26 heavy (non-hydrogen) atoms. The predicted molar refractivity (Wildman–Crippen MR) is 96.8 cm³/mol. The first-order valence-corrected chi connectivity index (χ1v) is 10.5. The highest BCUT2D eigenvalue weighted by Crippen LogP contribution is 2.40. The van der Waals surface area contributed by atoms with Gasteiger partial charge in [0.2, 0.25) is 5.91 Å². The lowest BCUT2D eigenvalue weighted by atomic mass is 9.81. The molecule has 1 saturated carbocycles. The summed E-state index contributed by atoms with van der Waals surface area (Å²) in [5.41, 5.74) is 0.368. The molecule has 1 saturated heterocycles. The zero-order valence-electron chi connectivity index (χ0n) is 15.2. The van der Waals surface area contributed by atoms with E-state index in [1.54, 1.807) is 17.0 Å². The summed E-state index contributed by atoms with van der Waals surface area (Å²) in [6, 6.07) is 6.12.